The van der Waals surface area contributed by atoms with Gasteiger partial charge in [0.1, 0.15) is 5.82 Å². The van der Waals surface area contributed by atoms with Crippen molar-refractivity contribution in [1.29, 1.82) is 0 Å². The van der Waals surface area contributed by atoms with Crippen LogP contribution in [0, 0.1) is 12.7 Å². The van der Waals surface area contributed by atoms with E-state index in [1.54, 1.807) is 14.0 Å². The molecule has 1 N–H and O–H groups in total. The smallest absolute Gasteiger partial charge is 0.266 e. The number of ether oxygens (including phenoxy) is 2. The highest BCUT2D eigenvalue weighted by Crippen LogP contribution is 2.38. The van der Waals surface area contributed by atoms with Gasteiger partial charge < -0.3 is 14.8 Å². The van der Waals surface area contributed by atoms with E-state index < -0.39 is 29.4 Å². The minimum atomic E-state index is -2.86. The predicted octanol–water partition coefficient (Wildman–Crippen LogP) is 6.45. The lowest BCUT2D eigenvalue weighted by Crippen LogP contribution is -2.35. The second-order valence-corrected chi connectivity index (χ2v) is 8.27. The second-order valence-electron chi connectivity index (χ2n) is 8.27. The Labute approximate surface area is 185 Å². The Morgan fingerprint density at radius 1 is 1.09 bits per heavy atom. The van der Waals surface area contributed by atoms with Gasteiger partial charge in [0, 0.05) is 55.5 Å². The van der Waals surface area contributed by atoms with E-state index in [-0.39, 0.29) is 5.56 Å². The van der Waals surface area contributed by atoms with Gasteiger partial charge >= 0.3 is 0 Å². The van der Waals surface area contributed by atoms with Crippen molar-refractivity contribution < 1.29 is 22.6 Å². The molecule has 0 amide bonds. The number of aromatic nitrogens is 1. The fourth-order valence-electron chi connectivity index (χ4n) is 4.46. The average molecular weight is 444 g/mol. The van der Waals surface area contributed by atoms with Gasteiger partial charge in [0.2, 0.25) is 0 Å². The Balaban J connectivity index is 1.74. The quantitative estimate of drug-likeness (QED) is 0.475. The fraction of sp³-hybridized carbons (Fsp3) is 0.400. The second kappa shape index (κ2) is 9.08. The first-order valence-electron chi connectivity index (χ1n) is 10.7. The van der Waals surface area contributed by atoms with Crippen LogP contribution in [0.4, 0.5) is 18.9 Å². The van der Waals surface area contributed by atoms with Gasteiger partial charge in [-0.25, -0.2) is 13.2 Å². The van der Waals surface area contributed by atoms with Crippen molar-refractivity contribution in [3.63, 3.8) is 0 Å². The molecule has 32 heavy (non-hydrogen) atoms. The molecule has 7 heteroatoms. The molecule has 0 spiro atoms. The van der Waals surface area contributed by atoms with E-state index in [0.29, 0.717) is 13.2 Å². The Morgan fingerprint density at radius 3 is 2.50 bits per heavy atom. The maximum atomic E-state index is 14.7. The highest BCUT2D eigenvalue weighted by molar-refractivity contribution is 5.92. The predicted molar refractivity (Wildman–Crippen MR) is 119 cm³/mol. The standard InChI is InChI=1S/C25H27F3N2O2/c1-15-13-22(30-16(2)18-5-4-6-19(23(18)26)24(27)28)20-14-17(7-8-21(20)29-15)25(31-3)9-11-32-12-10-25/h4-8,13-14,16,24H,9-12H2,1-3H3,(H,29,30). The van der Waals surface area contributed by atoms with Crippen molar-refractivity contribution >= 4 is 16.6 Å². The van der Waals surface area contributed by atoms with Crippen LogP contribution in [0.1, 0.15) is 54.6 Å². The summed E-state index contributed by atoms with van der Waals surface area (Å²) in [6, 6.07) is 11.5. The molecule has 1 aliphatic heterocycles. The molecule has 1 aromatic heterocycles. The number of hydrogen-bond donors (Lipinski definition) is 1. The van der Waals surface area contributed by atoms with Crippen LogP contribution in [0.25, 0.3) is 10.9 Å². The summed E-state index contributed by atoms with van der Waals surface area (Å²) in [5.74, 6) is -0.876. The SMILES string of the molecule is COC1(c2ccc3nc(C)cc(NC(C)c4cccc(C(F)F)c4F)c3c2)CCOCC1. The summed E-state index contributed by atoms with van der Waals surface area (Å²) < 4.78 is 52.5. The molecular formula is C25H27F3N2O2. The fourth-order valence-corrected chi connectivity index (χ4v) is 4.46. The van der Waals surface area contributed by atoms with Crippen molar-refractivity contribution in [2.45, 2.75) is 44.8 Å². The van der Waals surface area contributed by atoms with E-state index in [1.807, 2.05) is 25.1 Å². The first-order valence-corrected chi connectivity index (χ1v) is 10.7. The summed E-state index contributed by atoms with van der Waals surface area (Å²) >= 11 is 0. The molecular weight excluding hydrogens is 417 g/mol. The van der Waals surface area contributed by atoms with Crippen LogP contribution in [-0.4, -0.2) is 25.3 Å². The van der Waals surface area contributed by atoms with Gasteiger partial charge in [0.15, 0.2) is 0 Å². The molecule has 1 aliphatic rings. The zero-order valence-electron chi connectivity index (χ0n) is 18.4. The van der Waals surface area contributed by atoms with E-state index >= 15 is 0 Å². The van der Waals surface area contributed by atoms with E-state index in [9.17, 15) is 13.2 Å². The molecule has 2 heterocycles. The Bertz CT molecular complexity index is 1110. The Morgan fingerprint density at radius 2 is 1.81 bits per heavy atom. The molecule has 1 fully saturated rings. The van der Waals surface area contributed by atoms with E-state index in [2.05, 4.69) is 16.4 Å². The number of fused-ring (bicyclic) bond motifs is 1. The number of alkyl halides is 2. The molecule has 0 saturated carbocycles. The normalized spacial score (nSPS) is 17.0. The number of rotatable bonds is 6. The molecule has 0 bridgehead atoms. The lowest BCUT2D eigenvalue weighted by Gasteiger charge is -2.36. The first-order chi connectivity index (χ1) is 15.3. The minimum absolute atomic E-state index is 0.194. The lowest BCUT2D eigenvalue weighted by atomic mass is 9.85. The molecule has 0 radical (unpaired) electrons. The van der Waals surface area contributed by atoms with Crippen molar-refractivity contribution in [2.24, 2.45) is 0 Å². The highest BCUT2D eigenvalue weighted by atomic mass is 19.3. The number of nitrogens with zero attached hydrogens (tertiary/aromatic N) is 1. The van der Waals surface area contributed by atoms with Gasteiger partial charge in [-0.1, -0.05) is 24.3 Å². The summed E-state index contributed by atoms with van der Waals surface area (Å²) in [6.07, 6.45) is -1.36. The van der Waals surface area contributed by atoms with Crippen LogP contribution in [0.3, 0.4) is 0 Å². The zero-order chi connectivity index (χ0) is 22.9. The maximum absolute atomic E-state index is 14.7. The summed E-state index contributed by atoms with van der Waals surface area (Å²) in [5, 5.41) is 4.19. The number of anilines is 1. The zero-order valence-corrected chi connectivity index (χ0v) is 18.4. The monoisotopic (exact) mass is 444 g/mol. The third-order valence-corrected chi connectivity index (χ3v) is 6.29. The van der Waals surface area contributed by atoms with Gasteiger partial charge in [0.25, 0.3) is 6.43 Å². The highest BCUT2D eigenvalue weighted by Gasteiger charge is 2.34. The van der Waals surface area contributed by atoms with Crippen molar-refractivity contribution in [3.05, 3.63) is 70.7 Å². The summed E-state index contributed by atoms with van der Waals surface area (Å²) in [6.45, 7) is 4.89. The molecule has 1 unspecified atom stereocenters. The number of benzene rings is 2. The number of halogens is 3. The van der Waals surface area contributed by atoms with Crippen molar-refractivity contribution in [1.82, 2.24) is 4.98 Å². The van der Waals surface area contributed by atoms with E-state index in [0.717, 1.165) is 46.8 Å². The molecule has 1 saturated heterocycles. The molecule has 4 nitrogen and oxygen atoms in total. The van der Waals surface area contributed by atoms with Gasteiger partial charge in [-0.3, -0.25) is 4.98 Å². The largest absolute Gasteiger partial charge is 0.381 e. The maximum Gasteiger partial charge on any atom is 0.266 e. The topological polar surface area (TPSA) is 43.4 Å². The average Bonchev–Trinajstić information content (AvgIpc) is 2.79. The molecule has 170 valence electrons. The minimum Gasteiger partial charge on any atom is -0.381 e. The van der Waals surface area contributed by atoms with Crippen LogP contribution >= 0.6 is 0 Å². The number of methoxy groups -OCH3 is 1. The number of pyridine rings is 1. The Kier molecular flexibility index (Phi) is 6.40. The molecule has 3 aromatic rings. The number of aryl methyl sites for hydroxylation is 1. The van der Waals surface area contributed by atoms with Gasteiger partial charge in [-0.15, -0.1) is 0 Å². The summed E-state index contributed by atoms with van der Waals surface area (Å²) in [7, 11) is 1.71. The van der Waals surface area contributed by atoms with Crippen molar-refractivity contribution in [3.8, 4) is 0 Å². The van der Waals surface area contributed by atoms with E-state index in [1.165, 1.54) is 12.1 Å². The lowest BCUT2D eigenvalue weighted by molar-refractivity contribution is -0.0947. The van der Waals surface area contributed by atoms with Gasteiger partial charge in [0.05, 0.1) is 22.7 Å². The van der Waals surface area contributed by atoms with Crippen LogP contribution in [0.5, 0.6) is 0 Å². The number of hydrogen-bond acceptors (Lipinski definition) is 4. The third-order valence-electron chi connectivity index (χ3n) is 6.29. The van der Waals surface area contributed by atoms with Gasteiger partial charge in [-0.2, -0.15) is 0 Å². The van der Waals surface area contributed by atoms with Crippen LogP contribution < -0.4 is 5.32 Å². The molecule has 0 aliphatic carbocycles. The number of nitrogens with one attached hydrogen (secondary N) is 1. The molecule has 2 aromatic carbocycles. The molecule has 1 atom stereocenters. The summed E-state index contributed by atoms with van der Waals surface area (Å²) in [5.41, 5.74) is 2.57. The molecule has 4 rings (SSSR count). The van der Waals surface area contributed by atoms with E-state index in [4.69, 9.17) is 9.47 Å². The summed E-state index contributed by atoms with van der Waals surface area (Å²) in [4.78, 5) is 4.63. The van der Waals surface area contributed by atoms with Crippen LogP contribution in [0.2, 0.25) is 0 Å². The van der Waals surface area contributed by atoms with Gasteiger partial charge in [-0.05, 0) is 37.6 Å². The Hall–Kier alpha value is -2.64. The third kappa shape index (κ3) is 4.19. The van der Waals surface area contributed by atoms with Crippen LogP contribution in [-0.2, 0) is 15.1 Å². The van der Waals surface area contributed by atoms with Crippen LogP contribution in [0.15, 0.2) is 42.5 Å². The first kappa shape index (κ1) is 22.6. The van der Waals surface area contributed by atoms with Crippen molar-refractivity contribution in [2.75, 3.05) is 25.6 Å².